The number of nitrogens with two attached hydrogens (primary N) is 3. The van der Waals surface area contributed by atoms with Crippen LogP contribution in [-0.2, 0) is 9.53 Å². The van der Waals surface area contributed by atoms with Gasteiger partial charge in [0.1, 0.15) is 5.82 Å². The summed E-state index contributed by atoms with van der Waals surface area (Å²) in [5, 5.41) is 6.70. The smallest absolute Gasteiger partial charge is 0.256 e. The van der Waals surface area contributed by atoms with Gasteiger partial charge >= 0.3 is 0 Å². The number of methoxy groups -OCH3 is 1. The third-order valence-electron chi connectivity index (χ3n) is 6.58. The number of carbonyl (C=O) groups excluding carboxylic acids is 1. The van der Waals surface area contributed by atoms with Gasteiger partial charge in [0, 0.05) is 38.0 Å². The first kappa shape index (κ1) is 22.9. The number of nitrogens with zero attached hydrogens (tertiary/aromatic N) is 1. The average molecular weight is 421 g/mol. The van der Waals surface area contributed by atoms with Gasteiger partial charge in [-0.3, -0.25) is 4.79 Å². The highest BCUT2D eigenvalue weighted by molar-refractivity contribution is 5.97. The van der Waals surface area contributed by atoms with Gasteiger partial charge in [-0.2, -0.15) is 0 Å². The number of hydrogen-bond acceptors (Lipinski definition) is 7. The van der Waals surface area contributed by atoms with Gasteiger partial charge in [-0.1, -0.05) is 19.3 Å². The molecule has 0 aromatic rings. The van der Waals surface area contributed by atoms with Crippen molar-refractivity contribution >= 4 is 5.91 Å². The molecule has 1 unspecified atom stereocenters. The lowest BCUT2D eigenvalue weighted by Gasteiger charge is -2.41. The number of allylic oxidation sites excluding steroid dienone is 1. The predicted molar refractivity (Wildman–Crippen MR) is 119 cm³/mol. The molecule has 2 aliphatic carbocycles. The standard InChI is InChI=1S/C22H40N6O2/c1-14(23)12-17(22(29)27-20(24)15-8-9-15)21(25)28-11-10-18(19(13-28)30-2)26-16-6-4-3-5-7-16/h12,15-16,18-20,26H,3-11,13,23-25H2,1-2H3,(H,27,29)/b14-12-,21-17-/t18-,19+,20?/m1/s1. The molecule has 2 saturated carbocycles. The van der Waals surface area contributed by atoms with Gasteiger partial charge in [0.15, 0.2) is 0 Å². The van der Waals surface area contributed by atoms with Crippen LogP contribution in [0.3, 0.4) is 0 Å². The van der Waals surface area contributed by atoms with Gasteiger partial charge in [-0.05, 0) is 51.0 Å². The molecule has 0 spiro atoms. The van der Waals surface area contributed by atoms with E-state index in [4.69, 9.17) is 21.9 Å². The van der Waals surface area contributed by atoms with Crippen LogP contribution < -0.4 is 27.8 Å². The molecule has 1 saturated heterocycles. The molecule has 1 heterocycles. The zero-order valence-electron chi connectivity index (χ0n) is 18.5. The summed E-state index contributed by atoms with van der Waals surface area (Å²) in [6.07, 6.45) is 10.8. The van der Waals surface area contributed by atoms with Crippen molar-refractivity contribution in [3.05, 3.63) is 23.2 Å². The van der Waals surface area contributed by atoms with E-state index in [9.17, 15) is 4.79 Å². The Morgan fingerprint density at radius 1 is 1.13 bits per heavy atom. The molecule has 0 bridgehead atoms. The van der Waals surface area contributed by atoms with Crippen LogP contribution in [0.2, 0.25) is 0 Å². The van der Waals surface area contributed by atoms with Crippen molar-refractivity contribution in [2.45, 2.75) is 82.6 Å². The number of nitrogens with one attached hydrogen (secondary N) is 2. The summed E-state index contributed by atoms with van der Waals surface area (Å²) < 4.78 is 5.81. The summed E-state index contributed by atoms with van der Waals surface area (Å²) in [5.74, 6) is 0.519. The quantitative estimate of drug-likeness (QED) is 0.223. The zero-order chi connectivity index (χ0) is 21.7. The number of piperidine rings is 1. The van der Waals surface area contributed by atoms with E-state index in [0.29, 0.717) is 41.6 Å². The van der Waals surface area contributed by atoms with Crippen molar-refractivity contribution in [1.82, 2.24) is 15.5 Å². The van der Waals surface area contributed by atoms with Gasteiger partial charge in [0.2, 0.25) is 0 Å². The molecule has 8 nitrogen and oxygen atoms in total. The second-order valence-electron chi connectivity index (χ2n) is 9.14. The first-order valence-corrected chi connectivity index (χ1v) is 11.4. The largest absolute Gasteiger partial charge is 0.402 e. The minimum absolute atomic E-state index is 0.0141. The van der Waals surface area contributed by atoms with Gasteiger partial charge in [0.25, 0.3) is 5.91 Å². The molecule has 8 heteroatoms. The Labute approximate surface area is 180 Å². The first-order chi connectivity index (χ1) is 14.4. The van der Waals surface area contributed by atoms with Crippen LogP contribution >= 0.6 is 0 Å². The van der Waals surface area contributed by atoms with Crippen LogP contribution in [0.25, 0.3) is 0 Å². The summed E-state index contributed by atoms with van der Waals surface area (Å²) in [7, 11) is 1.75. The summed E-state index contributed by atoms with van der Waals surface area (Å²) in [4.78, 5) is 14.9. The summed E-state index contributed by atoms with van der Waals surface area (Å²) in [5.41, 5.74) is 19.4. The highest BCUT2D eigenvalue weighted by atomic mass is 16.5. The fourth-order valence-corrected chi connectivity index (χ4v) is 4.59. The van der Waals surface area contributed by atoms with Gasteiger partial charge in [-0.25, -0.2) is 0 Å². The van der Waals surface area contributed by atoms with Crippen molar-refractivity contribution in [2.24, 2.45) is 23.1 Å². The second-order valence-corrected chi connectivity index (χ2v) is 9.14. The molecule has 0 aromatic heterocycles. The number of hydrogen-bond donors (Lipinski definition) is 5. The molecular formula is C22H40N6O2. The Bertz CT molecular complexity index is 650. The maximum Gasteiger partial charge on any atom is 0.256 e. The summed E-state index contributed by atoms with van der Waals surface area (Å²) in [6.45, 7) is 3.15. The van der Waals surface area contributed by atoms with Crippen molar-refractivity contribution in [3.63, 3.8) is 0 Å². The molecule has 3 aliphatic rings. The van der Waals surface area contributed by atoms with Crippen LogP contribution in [0, 0.1) is 5.92 Å². The second kappa shape index (κ2) is 10.5. The number of rotatable bonds is 8. The fourth-order valence-electron chi connectivity index (χ4n) is 4.59. The highest BCUT2D eigenvalue weighted by Gasteiger charge is 2.34. The Kier molecular flexibility index (Phi) is 8.02. The zero-order valence-corrected chi connectivity index (χ0v) is 18.5. The predicted octanol–water partition coefficient (Wildman–Crippen LogP) is 0.842. The maximum atomic E-state index is 12.9. The lowest BCUT2D eigenvalue weighted by atomic mass is 9.92. The molecule has 30 heavy (non-hydrogen) atoms. The molecule has 170 valence electrons. The Hall–Kier alpha value is -1.77. The molecule has 3 atom stereocenters. The Morgan fingerprint density at radius 3 is 2.43 bits per heavy atom. The van der Waals surface area contributed by atoms with Crippen LogP contribution in [0.1, 0.15) is 58.3 Å². The van der Waals surface area contributed by atoms with E-state index >= 15 is 0 Å². The van der Waals surface area contributed by atoms with E-state index in [1.165, 1.54) is 32.1 Å². The topological polar surface area (TPSA) is 132 Å². The van der Waals surface area contributed by atoms with Gasteiger partial charge < -0.3 is 37.5 Å². The van der Waals surface area contributed by atoms with Crippen LogP contribution in [-0.4, -0.2) is 55.4 Å². The van der Waals surface area contributed by atoms with Crippen molar-refractivity contribution in [1.29, 1.82) is 0 Å². The van der Waals surface area contributed by atoms with E-state index in [-0.39, 0.29) is 18.2 Å². The molecule has 3 rings (SSSR count). The highest BCUT2D eigenvalue weighted by Crippen LogP contribution is 2.30. The number of likely N-dealkylation sites (tertiary alicyclic amines) is 1. The SMILES string of the molecule is CO[C@H]1CN(/C(N)=C(/C=C(/C)N)C(=O)NC(N)C2CC2)CC[C@H]1NC1CCCCC1. The third kappa shape index (κ3) is 6.12. The van der Waals surface area contributed by atoms with E-state index in [0.717, 1.165) is 25.8 Å². The first-order valence-electron chi connectivity index (χ1n) is 11.4. The third-order valence-corrected chi connectivity index (χ3v) is 6.58. The van der Waals surface area contributed by atoms with Crippen molar-refractivity contribution < 1.29 is 9.53 Å². The number of carbonyl (C=O) groups is 1. The lowest BCUT2D eigenvalue weighted by molar-refractivity contribution is -0.118. The van der Waals surface area contributed by atoms with Crippen molar-refractivity contribution in [3.8, 4) is 0 Å². The molecule has 8 N–H and O–H groups in total. The van der Waals surface area contributed by atoms with Crippen LogP contribution in [0.4, 0.5) is 0 Å². The molecule has 0 aromatic carbocycles. The van der Waals surface area contributed by atoms with E-state index in [2.05, 4.69) is 10.6 Å². The fraction of sp³-hybridized carbons (Fsp3) is 0.773. The van der Waals surface area contributed by atoms with Crippen LogP contribution in [0.15, 0.2) is 23.2 Å². The molecule has 3 fully saturated rings. The van der Waals surface area contributed by atoms with E-state index in [1.54, 1.807) is 20.1 Å². The minimum Gasteiger partial charge on any atom is -0.402 e. The molecular weight excluding hydrogens is 380 g/mol. The van der Waals surface area contributed by atoms with E-state index in [1.807, 2.05) is 4.90 Å². The van der Waals surface area contributed by atoms with E-state index < -0.39 is 0 Å². The monoisotopic (exact) mass is 420 g/mol. The maximum absolute atomic E-state index is 12.9. The Balaban J connectivity index is 1.68. The average Bonchev–Trinajstić information content (AvgIpc) is 3.58. The van der Waals surface area contributed by atoms with Gasteiger partial charge in [0.05, 0.1) is 17.8 Å². The normalized spacial score (nSPS) is 28.1. The lowest BCUT2D eigenvalue weighted by Crippen LogP contribution is -2.56. The Morgan fingerprint density at radius 2 is 1.83 bits per heavy atom. The van der Waals surface area contributed by atoms with Crippen molar-refractivity contribution in [2.75, 3.05) is 20.2 Å². The van der Waals surface area contributed by atoms with Gasteiger partial charge in [-0.15, -0.1) is 0 Å². The molecule has 1 amide bonds. The summed E-state index contributed by atoms with van der Waals surface area (Å²) in [6, 6.07) is 0.878. The number of ether oxygens (including phenoxy) is 1. The molecule has 0 radical (unpaired) electrons. The number of amides is 1. The minimum atomic E-state index is -0.344. The molecule has 1 aliphatic heterocycles. The summed E-state index contributed by atoms with van der Waals surface area (Å²) >= 11 is 0. The van der Waals surface area contributed by atoms with Crippen LogP contribution in [0.5, 0.6) is 0 Å².